The first-order chi connectivity index (χ1) is 21.8. The van der Waals surface area contributed by atoms with Crippen molar-refractivity contribution in [2.75, 3.05) is 58.7 Å². The van der Waals surface area contributed by atoms with Crippen LogP contribution in [0.5, 0.6) is 0 Å². The van der Waals surface area contributed by atoms with Crippen molar-refractivity contribution in [1.29, 1.82) is 0 Å². The molecule has 1 aromatic heterocycles. The van der Waals surface area contributed by atoms with Crippen molar-refractivity contribution in [3.8, 4) is 23.1 Å². The van der Waals surface area contributed by atoms with Crippen LogP contribution in [0.15, 0.2) is 36.4 Å². The summed E-state index contributed by atoms with van der Waals surface area (Å²) in [5, 5.41) is 5.68. The predicted octanol–water partition coefficient (Wildman–Crippen LogP) is 4.41. The number of nitrogens with zero attached hydrogens (tertiary/aromatic N) is 5. The molecule has 1 saturated carbocycles. The fourth-order valence-corrected chi connectivity index (χ4v) is 7.80. The predicted molar refractivity (Wildman–Crippen MR) is 178 cm³/mol. The van der Waals surface area contributed by atoms with Crippen molar-refractivity contribution < 1.29 is 13.2 Å². The minimum Gasteiger partial charge on any atom is -0.379 e. The van der Waals surface area contributed by atoms with Crippen LogP contribution in [0.25, 0.3) is 11.3 Å². The highest BCUT2D eigenvalue weighted by Gasteiger charge is 2.30. The molecular weight excluding hydrogens is 606 g/mol. The molecule has 1 saturated heterocycles. The van der Waals surface area contributed by atoms with E-state index in [1.54, 1.807) is 4.31 Å². The highest BCUT2D eigenvalue weighted by atomic mass is 35.5. The summed E-state index contributed by atoms with van der Waals surface area (Å²) in [6, 6.07) is 12.5. The van der Waals surface area contributed by atoms with E-state index < -0.39 is 10.0 Å². The van der Waals surface area contributed by atoms with Crippen LogP contribution in [-0.4, -0.2) is 91.0 Å². The van der Waals surface area contributed by atoms with E-state index in [0.717, 1.165) is 105 Å². The summed E-state index contributed by atoms with van der Waals surface area (Å²) in [6.07, 6.45) is 6.74. The molecule has 0 radical (unpaired) electrons. The van der Waals surface area contributed by atoms with Crippen molar-refractivity contribution in [3.05, 3.63) is 74.9 Å². The molecule has 4 aliphatic rings. The Labute approximate surface area is 272 Å². The monoisotopic (exact) mass is 647 g/mol. The molecule has 45 heavy (non-hydrogen) atoms. The van der Waals surface area contributed by atoms with E-state index in [1.807, 2.05) is 18.2 Å². The summed E-state index contributed by atoms with van der Waals surface area (Å²) in [5.74, 6) is 7.61. The van der Waals surface area contributed by atoms with Gasteiger partial charge in [0.1, 0.15) is 0 Å². The molecule has 0 unspecified atom stereocenters. The molecule has 238 valence electrons. The molecule has 0 spiro atoms. The standard InChI is InChI=1S/C35H42ClN5O3S/c1-45(42,43)40-16-12-34-32(25-40)35(37-41(34)14-2-13-38-17-19-44-20-18-38)30-9-10-33(36)29(22-30)7-5-26-6-8-31-24-39(23-27-3-4-27)15-11-28(31)21-26/h6,8-10,21-22,27H,2-4,11-20,23-25H2,1H3. The number of hydrogen-bond donors (Lipinski definition) is 0. The van der Waals surface area contributed by atoms with Crippen LogP contribution in [0.3, 0.4) is 0 Å². The van der Waals surface area contributed by atoms with E-state index in [9.17, 15) is 8.42 Å². The molecule has 1 aliphatic carbocycles. The number of hydrogen-bond acceptors (Lipinski definition) is 6. The fraction of sp³-hybridized carbons (Fsp3) is 0.514. The lowest BCUT2D eigenvalue weighted by Gasteiger charge is -2.28. The first-order valence-corrected chi connectivity index (χ1v) is 18.5. The smallest absolute Gasteiger partial charge is 0.211 e. The van der Waals surface area contributed by atoms with E-state index in [-0.39, 0.29) is 0 Å². The minimum atomic E-state index is -3.32. The summed E-state index contributed by atoms with van der Waals surface area (Å²) in [5.41, 5.74) is 8.38. The maximum Gasteiger partial charge on any atom is 0.211 e. The van der Waals surface area contributed by atoms with E-state index in [1.165, 1.54) is 36.8 Å². The number of fused-ring (bicyclic) bond motifs is 2. The van der Waals surface area contributed by atoms with Gasteiger partial charge in [-0.15, -0.1) is 0 Å². The molecule has 0 amide bonds. The summed E-state index contributed by atoms with van der Waals surface area (Å²) in [4.78, 5) is 5.03. The summed E-state index contributed by atoms with van der Waals surface area (Å²) >= 11 is 6.67. The number of ether oxygens (including phenoxy) is 1. The van der Waals surface area contributed by atoms with Gasteiger partial charge in [0.25, 0.3) is 0 Å². The third-order valence-electron chi connectivity index (χ3n) is 9.61. The molecule has 3 aromatic rings. The van der Waals surface area contributed by atoms with Gasteiger partial charge in [0.15, 0.2) is 0 Å². The summed E-state index contributed by atoms with van der Waals surface area (Å²) < 4.78 is 34.2. The number of morpholine rings is 1. The fourth-order valence-electron chi connectivity index (χ4n) is 6.85. The van der Waals surface area contributed by atoms with Crippen molar-refractivity contribution in [3.63, 3.8) is 0 Å². The Balaban J connectivity index is 1.13. The number of benzene rings is 2. The molecule has 4 heterocycles. The van der Waals surface area contributed by atoms with E-state index >= 15 is 0 Å². The highest BCUT2D eigenvalue weighted by molar-refractivity contribution is 7.88. The van der Waals surface area contributed by atoms with Crippen molar-refractivity contribution in [2.24, 2.45) is 5.92 Å². The van der Waals surface area contributed by atoms with Crippen molar-refractivity contribution >= 4 is 21.6 Å². The van der Waals surface area contributed by atoms with Gasteiger partial charge >= 0.3 is 0 Å². The van der Waals surface area contributed by atoms with Gasteiger partial charge in [-0.2, -0.15) is 9.40 Å². The van der Waals surface area contributed by atoms with Gasteiger partial charge < -0.3 is 4.74 Å². The van der Waals surface area contributed by atoms with Crippen LogP contribution < -0.4 is 0 Å². The minimum absolute atomic E-state index is 0.323. The maximum absolute atomic E-state index is 12.5. The van der Waals surface area contributed by atoms with Crippen LogP contribution in [0.1, 0.15) is 52.8 Å². The van der Waals surface area contributed by atoms with E-state index in [4.69, 9.17) is 21.4 Å². The summed E-state index contributed by atoms with van der Waals surface area (Å²) in [6.45, 7) is 9.46. The molecule has 2 fully saturated rings. The van der Waals surface area contributed by atoms with Crippen LogP contribution in [-0.2, 0) is 47.2 Å². The number of sulfonamides is 1. The normalized spacial score (nSPS) is 19.5. The van der Waals surface area contributed by atoms with Gasteiger partial charge in [0.2, 0.25) is 10.0 Å². The second-order valence-corrected chi connectivity index (χ2v) is 15.4. The summed E-state index contributed by atoms with van der Waals surface area (Å²) in [7, 11) is -3.32. The quantitative estimate of drug-likeness (QED) is 0.338. The lowest BCUT2D eigenvalue weighted by Crippen LogP contribution is -2.37. The van der Waals surface area contributed by atoms with Gasteiger partial charge in [-0.1, -0.05) is 35.6 Å². The van der Waals surface area contributed by atoms with E-state index in [0.29, 0.717) is 24.5 Å². The average Bonchev–Trinajstić information content (AvgIpc) is 3.79. The highest BCUT2D eigenvalue weighted by Crippen LogP contribution is 2.34. The zero-order valence-corrected chi connectivity index (χ0v) is 27.7. The number of aromatic nitrogens is 2. The van der Waals surface area contributed by atoms with Crippen molar-refractivity contribution in [1.82, 2.24) is 23.9 Å². The lowest BCUT2D eigenvalue weighted by atomic mass is 9.97. The van der Waals surface area contributed by atoms with Gasteiger partial charge in [-0.25, -0.2) is 8.42 Å². The molecule has 3 aliphatic heterocycles. The van der Waals surface area contributed by atoms with Crippen molar-refractivity contribution in [2.45, 2.75) is 51.7 Å². The second kappa shape index (κ2) is 13.2. The lowest BCUT2D eigenvalue weighted by molar-refractivity contribution is 0.0368. The van der Waals surface area contributed by atoms with Gasteiger partial charge in [-0.05, 0) is 67.0 Å². The molecular formula is C35H42ClN5O3S. The Morgan fingerprint density at radius 2 is 1.78 bits per heavy atom. The molecule has 8 nitrogen and oxygen atoms in total. The first kappa shape index (κ1) is 30.9. The Morgan fingerprint density at radius 1 is 0.933 bits per heavy atom. The van der Waals surface area contributed by atoms with Gasteiger partial charge in [0.05, 0.1) is 30.2 Å². The number of rotatable bonds is 8. The second-order valence-electron chi connectivity index (χ2n) is 13.0. The van der Waals surface area contributed by atoms with Crippen LogP contribution in [0, 0.1) is 17.8 Å². The van der Waals surface area contributed by atoms with Gasteiger partial charge in [0, 0.05) is 93.3 Å². The van der Waals surface area contributed by atoms with Gasteiger partial charge in [-0.3, -0.25) is 14.5 Å². The molecule has 7 rings (SSSR count). The molecule has 10 heteroatoms. The third kappa shape index (κ3) is 7.32. The number of halogens is 1. The Bertz CT molecular complexity index is 1730. The molecule has 0 N–H and O–H groups in total. The zero-order chi connectivity index (χ0) is 31.0. The Morgan fingerprint density at radius 3 is 2.58 bits per heavy atom. The van der Waals surface area contributed by atoms with E-state index in [2.05, 4.69) is 44.5 Å². The zero-order valence-electron chi connectivity index (χ0n) is 26.1. The third-order valence-corrected chi connectivity index (χ3v) is 11.2. The topological polar surface area (TPSA) is 70.9 Å². The Hall–Kier alpha value is -2.71. The SMILES string of the molecule is CS(=O)(=O)N1CCc2c(c(-c3ccc(Cl)c(C#Cc4ccc5c(c4)CCN(CC4CC4)C5)c3)nn2CCCN2CCOCC2)C1. The van der Waals surface area contributed by atoms with Crippen LogP contribution >= 0.6 is 11.6 Å². The van der Waals surface area contributed by atoms with Crippen LogP contribution in [0.2, 0.25) is 5.02 Å². The largest absolute Gasteiger partial charge is 0.379 e. The number of aryl methyl sites for hydroxylation is 1. The molecule has 0 bridgehead atoms. The molecule has 0 atom stereocenters. The molecule has 2 aromatic carbocycles. The first-order valence-electron chi connectivity index (χ1n) is 16.3. The average molecular weight is 648 g/mol. The Kier molecular flexibility index (Phi) is 9.06. The van der Waals surface area contributed by atoms with Crippen LogP contribution in [0.4, 0.5) is 0 Å². The maximum atomic E-state index is 12.5.